The molecular formula is C10H9N3O. The lowest BCUT2D eigenvalue weighted by atomic mass is 10.3. The zero-order valence-electron chi connectivity index (χ0n) is 7.42. The highest BCUT2D eigenvalue weighted by Gasteiger charge is 2.01. The minimum absolute atomic E-state index is 0.189. The van der Waals surface area contributed by atoms with Crippen molar-refractivity contribution in [1.82, 2.24) is 9.78 Å². The summed E-state index contributed by atoms with van der Waals surface area (Å²) in [4.78, 5) is 11.4. The summed E-state index contributed by atoms with van der Waals surface area (Å²) in [6, 6.07) is 10.2. The van der Waals surface area contributed by atoms with Crippen molar-refractivity contribution in [3.8, 4) is 5.69 Å². The number of aromatic nitrogens is 2. The fourth-order valence-electron chi connectivity index (χ4n) is 1.22. The van der Waals surface area contributed by atoms with Gasteiger partial charge in [0.1, 0.15) is 0 Å². The molecule has 0 saturated carbocycles. The van der Waals surface area contributed by atoms with Crippen molar-refractivity contribution in [2.45, 2.75) is 0 Å². The zero-order chi connectivity index (χ0) is 9.97. The third-order valence-electron chi connectivity index (χ3n) is 1.88. The van der Waals surface area contributed by atoms with Gasteiger partial charge in [0.2, 0.25) is 0 Å². The lowest BCUT2D eigenvalue weighted by Crippen LogP contribution is -2.20. The maximum Gasteiger partial charge on any atom is 0.271 e. The number of benzene rings is 1. The summed E-state index contributed by atoms with van der Waals surface area (Å²) in [5.74, 6) is 0. The van der Waals surface area contributed by atoms with Gasteiger partial charge < -0.3 is 5.73 Å². The van der Waals surface area contributed by atoms with Gasteiger partial charge in [0.05, 0.1) is 11.4 Å². The molecule has 2 rings (SSSR count). The molecule has 0 bridgehead atoms. The Balaban J connectivity index is 2.67. The second kappa shape index (κ2) is 3.33. The molecule has 4 heteroatoms. The Labute approximate surface area is 80.6 Å². The van der Waals surface area contributed by atoms with E-state index in [9.17, 15) is 4.79 Å². The van der Waals surface area contributed by atoms with Crippen molar-refractivity contribution in [3.63, 3.8) is 0 Å². The fraction of sp³-hybridized carbons (Fsp3) is 0. The highest BCUT2D eigenvalue weighted by molar-refractivity contribution is 5.56. The number of nitrogens with two attached hydrogens (primary N) is 1. The molecule has 0 radical (unpaired) electrons. The topological polar surface area (TPSA) is 60.9 Å². The molecule has 2 N–H and O–H groups in total. The predicted molar refractivity (Wildman–Crippen MR) is 54.2 cm³/mol. The first kappa shape index (κ1) is 8.50. The highest BCUT2D eigenvalue weighted by Crippen LogP contribution is 2.12. The number of hydrogen-bond acceptors (Lipinski definition) is 3. The van der Waals surface area contributed by atoms with Crippen LogP contribution in [0, 0.1) is 0 Å². The standard InChI is InChI=1S/C10H9N3O/c11-8-4-1-2-5-9(8)13-10(14)6-3-7-12-13/h1-7H,11H2. The first-order valence-electron chi connectivity index (χ1n) is 4.18. The van der Waals surface area contributed by atoms with Gasteiger partial charge in [-0.3, -0.25) is 4.79 Å². The van der Waals surface area contributed by atoms with Gasteiger partial charge in [0.15, 0.2) is 0 Å². The average Bonchev–Trinajstić information content (AvgIpc) is 2.20. The quantitative estimate of drug-likeness (QED) is 0.672. The van der Waals surface area contributed by atoms with Crippen LogP contribution in [0.15, 0.2) is 47.4 Å². The Morgan fingerprint density at radius 3 is 2.64 bits per heavy atom. The molecule has 0 amide bonds. The van der Waals surface area contributed by atoms with Gasteiger partial charge in [-0.1, -0.05) is 12.1 Å². The molecule has 0 aliphatic carbocycles. The van der Waals surface area contributed by atoms with E-state index in [2.05, 4.69) is 5.10 Å². The van der Waals surface area contributed by atoms with E-state index in [0.29, 0.717) is 11.4 Å². The van der Waals surface area contributed by atoms with Crippen LogP contribution in [0.5, 0.6) is 0 Å². The number of hydrogen-bond donors (Lipinski definition) is 1. The normalized spacial score (nSPS) is 10.0. The van der Waals surface area contributed by atoms with Crippen LogP contribution in [-0.2, 0) is 0 Å². The maximum absolute atomic E-state index is 11.4. The van der Waals surface area contributed by atoms with Gasteiger partial charge in [0, 0.05) is 12.3 Å². The Kier molecular flexibility index (Phi) is 2.02. The minimum Gasteiger partial charge on any atom is -0.397 e. The molecule has 0 saturated heterocycles. The van der Waals surface area contributed by atoms with Crippen molar-refractivity contribution < 1.29 is 0 Å². The van der Waals surface area contributed by atoms with Gasteiger partial charge >= 0.3 is 0 Å². The van der Waals surface area contributed by atoms with Crippen molar-refractivity contribution >= 4 is 5.69 Å². The van der Waals surface area contributed by atoms with Crippen LogP contribution in [0.1, 0.15) is 0 Å². The van der Waals surface area contributed by atoms with Crippen LogP contribution in [0.25, 0.3) is 5.69 Å². The number of anilines is 1. The summed E-state index contributed by atoms with van der Waals surface area (Å²) in [6.45, 7) is 0. The van der Waals surface area contributed by atoms with Crippen molar-refractivity contribution in [1.29, 1.82) is 0 Å². The molecule has 1 heterocycles. The first-order valence-corrected chi connectivity index (χ1v) is 4.18. The number of rotatable bonds is 1. The van der Waals surface area contributed by atoms with Crippen molar-refractivity contribution in [2.75, 3.05) is 5.73 Å². The summed E-state index contributed by atoms with van der Waals surface area (Å²) in [6.07, 6.45) is 1.55. The van der Waals surface area contributed by atoms with E-state index in [1.54, 1.807) is 24.4 Å². The van der Waals surface area contributed by atoms with Crippen LogP contribution < -0.4 is 11.3 Å². The van der Waals surface area contributed by atoms with E-state index in [-0.39, 0.29) is 5.56 Å². The van der Waals surface area contributed by atoms with Gasteiger partial charge in [0.25, 0.3) is 5.56 Å². The van der Waals surface area contributed by atoms with Crippen LogP contribution in [-0.4, -0.2) is 9.78 Å². The predicted octanol–water partition coefficient (Wildman–Crippen LogP) is 0.815. The molecule has 1 aromatic heterocycles. The highest BCUT2D eigenvalue weighted by atomic mass is 16.1. The third-order valence-corrected chi connectivity index (χ3v) is 1.88. The maximum atomic E-state index is 11.4. The Morgan fingerprint density at radius 2 is 1.93 bits per heavy atom. The molecule has 0 fully saturated rings. The van der Waals surface area contributed by atoms with E-state index in [0.717, 1.165) is 0 Å². The minimum atomic E-state index is -0.189. The first-order chi connectivity index (χ1) is 6.79. The summed E-state index contributed by atoms with van der Waals surface area (Å²) >= 11 is 0. The molecule has 2 aromatic rings. The monoisotopic (exact) mass is 187 g/mol. The van der Waals surface area contributed by atoms with E-state index in [4.69, 9.17) is 5.73 Å². The number of para-hydroxylation sites is 2. The molecule has 70 valence electrons. The van der Waals surface area contributed by atoms with E-state index in [1.807, 2.05) is 12.1 Å². The average molecular weight is 187 g/mol. The third kappa shape index (κ3) is 1.37. The molecule has 1 aromatic carbocycles. The molecule has 14 heavy (non-hydrogen) atoms. The summed E-state index contributed by atoms with van der Waals surface area (Å²) < 4.78 is 1.27. The van der Waals surface area contributed by atoms with Gasteiger partial charge in [-0.2, -0.15) is 9.78 Å². The second-order valence-corrected chi connectivity index (χ2v) is 2.83. The van der Waals surface area contributed by atoms with Gasteiger partial charge in [-0.25, -0.2) is 0 Å². The molecule has 0 spiro atoms. The van der Waals surface area contributed by atoms with Gasteiger partial charge in [-0.15, -0.1) is 0 Å². The molecule has 4 nitrogen and oxygen atoms in total. The second-order valence-electron chi connectivity index (χ2n) is 2.83. The lowest BCUT2D eigenvalue weighted by Gasteiger charge is -2.05. The molecule has 0 aliphatic heterocycles. The fourth-order valence-corrected chi connectivity index (χ4v) is 1.22. The van der Waals surface area contributed by atoms with Crippen LogP contribution >= 0.6 is 0 Å². The van der Waals surface area contributed by atoms with E-state index < -0.39 is 0 Å². The van der Waals surface area contributed by atoms with Gasteiger partial charge in [-0.05, 0) is 18.2 Å². The summed E-state index contributed by atoms with van der Waals surface area (Å²) in [5.41, 5.74) is 6.68. The SMILES string of the molecule is Nc1ccccc1-n1ncccc1=O. The molecule has 0 aliphatic rings. The van der Waals surface area contributed by atoms with Crippen LogP contribution in [0.4, 0.5) is 5.69 Å². The number of nitrogen functional groups attached to an aromatic ring is 1. The Bertz CT molecular complexity index is 504. The Hall–Kier alpha value is -2.10. The number of nitrogens with zero attached hydrogens (tertiary/aromatic N) is 2. The molecule has 0 unspecified atom stereocenters. The smallest absolute Gasteiger partial charge is 0.271 e. The Morgan fingerprint density at radius 1 is 1.14 bits per heavy atom. The summed E-state index contributed by atoms with van der Waals surface area (Å²) in [5, 5.41) is 3.93. The summed E-state index contributed by atoms with van der Waals surface area (Å²) in [7, 11) is 0. The van der Waals surface area contributed by atoms with E-state index >= 15 is 0 Å². The van der Waals surface area contributed by atoms with E-state index in [1.165, 1.54) is 10.7 Å². The van der Waals surface area contributed by atoms with Crippen molar-refractivity contribution in [2.24, 2.45) is 0 Å². The van der Waals surface area contributed by atoms with Crippen molar-refractivity contribution in [3.05, 3.63) is 52.9 Å². The van der Waals surface area contributed by atoms with Crippen LogP contribution in [0.2, 0.25) is 0 Å². The zero-order valence-corrected chi connectivity index (χ0v) is 7.42. The largest absolute Gasteiger partial charge is 0.397 e. The molecular weight excluding hydrogens is 178 g/mol. The van der Waals surface area contributed by atoms with Crippen LogP contribution in [0.3, 0.4) is 0 Å². The lowest BCUT2D eigenvalue weighted by molar-refractivity contribution is 0.809. The molecule has 0 atom stereocenters.